The van der Waals surface area contributed by atoms with Crippen molar-refractivity contribution < 1.29 is 23.9 Å². The van der Waals surface area contributed by atoms with E-state index in [0.717, 1.165) is 6.42 Å². The van der Waals surface area contributed by atoms with E-state index in [4.69, 9.17) is 9.47 Å². The van der Waals surface area contributed by atoms with Crippen molar-refractivity contribution in [3.8, 4) is 5.75 Å². The summed E-state index contributed by atoms with van der Waals surface area (Å²) in [5, 5.41) is 5.61. The number of anilines is 1. The molecule has 2 N–H and O–H groups in total. The summed E-state index contributed by atoms with van der Waals surface area (Å²) in [7, 11) is 3.08. The molecule has 164 valence electrons. The number of methoxy groups -OCH3 is 2. The van der Waals surface area contributed by atoms with E-state index in [1.165, 1.54) is 7.11 Å². The van der Waals surface area contributed by atoms with Gasteiger partial charge in [0, 0.05) is 31.5 Å². The van der Waals surface area contributed by atoms with Crippen molar-refractivity contribution in [2.24, 2.45) is 0 Å². The van der Waals surface area contributed by atoms with Crippen molar-refractivity contribution in [2.45, 2.75) is 18.9 Å². The number of amides is 3. The quantitative estimate of drug-likeness (QED) is 0.633. The van der Waals surface area contributed by atoms with Crippen molar-refractivity contribution in [2.75, 3.05) is 39.2 Å². The van der Waals surface area contributed by atoms with E-state index in [2.05, 4.69) is 10.6 Å². The maximum Gasteiger partial charge on any atom is 0.259 e. The molecule has 31 heavy (non-hydrogen) atoms. The highest BCUT2D eigenvalue weighted by atomic mass is 16.5. The summed E-state index contributed by atoms with van der Waals surface area (Å²) >= 11 is 0. The molecule has 2 aromatic carbocycles. The second kappa shape index (κ2) is 10.6. The number of carbonyl (C=O) groups is 3. The normalized spacial score (nSPS) is 15.4. The van der Waals surface area contributed by atoms with Gasteiger partial charge < -0.3 is 25.0 Å². The van der Waals surface area contributed by atoms with Gasteiger partial charge in [-0.25, -0.2) is 0 Å². The van der Waals surface area contributed by atoms with E-state index in [-0.39, 0.29) is 17.7 Å². The Bertz CT molecular complexity index is 929. The first-order valence-corrected chi connectivity index (χ1v) is 10.2. The van der Waals surface area contributed by atoms with E-state index in [9.17, 15) is 14.4 Å². The van der Waals surface area contributed by atoms with Gasteiger partial charge in [0.15, 0.2) is 0 Å². The number of benzene rings is 2. The third-order valence-electron chi connectivity index (χ3n) is 5.16. The minimum Gasteiger partial charge on any atom is -0.496 e. The molecule has 8 heteroatoms. The molecule has 0 saturated carbocycles. The molecule has 2 aromatic rings. The van der Waals surface area contributed by atoms with Crippen molar-refractivity contribution in [3.05, 3.63) is 59.7 Å². The lowest BCUT2D eigenvalue weighted by Crippen LogP contribution is -2.46. The Kier molecular flexibility index (Phi) is 7.61. The summed E-state index contributed by atoms with van der Waals surface area (Å²) in [6.07, 6.45) is 1.42. The highest BCUT2D eigenvalue weighted by Gasteiger charge is 2.34. The first-order chi connectivity index (χ1) is 15.0. The third-order valence-corrected chi connectivity index (χ3v) is 5.16. The van der Waals surface area contributed by atoms with Crippen LogP contribution in [0.25, 0.3) is 0 Å². The van der Waals surface area contributed by atoms with E-state index in [0.29, 0.717) is 48.7 Å². The van der Waals surface area contributed by atoms with Gasteiger partial charge in [0.1, 0.15) is 11.8 Å². The van der Waals surface area contributed by atoms with Gasteiger partial charge >= 0.3 is 0 Å². The van der Waals surface area contributed by atoms with Crippen LogP contribution in [0, 0.1) is 0 Å². The van der Waals surface area contributed by atoms with Gasteiger partial charge in [-0.05, 0) is 49.2 Å². The Morgan fingerprint density at radius 2 is 1.81 bits per heavy atom. The van der Waals surface area contributed by atoms with Gasteiger partial charge in [0.2, 0.25) is 5.91 Å². The number of likely N-dealkylation sites (tertiary alicyclic amines) is 1. The number of carbonyl (C=O) groups excluding carboxylic acids is 3. The zero-order chi connectivity index (χ0) is 22.2. The standard InChI is InChI=1S/C23H27N3O5/c1-30-15-13-24-22(28)19-7-5-14-26(19)23(29)16-9-11-17(12-10-16)25-21(27)18-6-3-4-8-20(18)31-2/h3-4,6,8-12,19H,5,7,13-15H2,1-2H3,(H,24,28)(H,25,27). The molecule has 3 rings (SSSR count). The lowest BCUT2D eigenvalue weighted by Gasteiger charge is -2.24. The molecule has 0 spiro atoms. The number of nitrogens with one attached hydrogen (secondary N) is 2. The van der Waals surface area contributed by atoms with Crippen LogP contribution in [-0.2, 0) is 9.53 Å². The molecule has 3 amide bonds. The molecule has 1 atom stereocenters. The maximum atomic E-state index is 12.9. The molecule has 1 fully saturated rings. The van der Waals surface area contributed by atoms with Crippen LogP contribution in [0.2, 0.25) is 0 Å². The molecule has 0 aromatic heterocycles. The first-order valence-electron chi connectivity index (χ1n) is 10.2. The highest BCUT2D eigenvalue weighted by Crippen LogP contribution is 2.22. The van der Waals surface area contributed by atoms with E-state index >= 15 is 0 Å². The minimum absolute atomic E-state index is 0.163. The highest BCUT2D eigenvalue weighted by molar-refractivity contribution is 6.06. The van der Waals surface area contributed by atoms with Gasteiger partial charge in [-0.1, -0.05) is 12.1 Å². The summed E-state index contributed by atoms with van der Waals surface area (Å²) in [5.41, 5.74) is 1.44. The predicted molar refractivity (Wildman–Crippen MR) is 116 cm³/mol. The lowest BCUT2D eigenvalue weighted by molar-refractivity contribution is -0.125. The topological polar surface area (TPSA) is 97.0 Å². The molecule has 1 heterocycles. The zero-order valence-corrected chi connectivity index (χ0v) is 17.7. The summed E-state index contributed by atoms with van der Waals surface area (Å²) in [6, 6.07) is 13.1. The molecule has 1 aliphatic heterocycles. The minimum atomic E-state index is -0.478. The smallest absolute Gasteiger partial charge is 0.259 e. The molecule has 0 radical (unpaired) electrons. The number of hydrogen-bond donors (Lipinski definition) is 2. The fourth-order valence-electron chi connectivity index (χ4n) is 3.57. The van der Waals surface area contributed by atoms with Crippen LogP contribution in [0.1, 0.15) is 33.6 Å². The monoisotopic (exact) mass is 425 g/mol. The molecule has 0 aliphatic carbocycles. The Morgan fingerprint density at radius 1 is 1.06 bits per heavy atom. The fourth-order valence-corrected chi connectivity index (χ4v) is 3.57. The number of hydrogen-bond acceptors (Lipinski definition) is 5. The number of para-hydroxylation sites is 1. The molecule has 8 nitrogen and oxygen atoms in total. The Labute approximate surface area is 181 Å². The van der Waals surface area contributed by atoms with E-state index < -0.39 is 6.04 Å². The van der Waals surface area contributed by atoms with Crippen molar-refractivity contribution in [1.29, 1.82) is 0 Å². The largest absolute Gasteiger partial charge is 0.496 e. The Balaban J connectivity index is 1.64. The summed E-state index contributed by atoms with van der Waals surface area (Å²) in [5.74, 6) is -0.185. The average Bonchev–Trinajstić information content (AvgIpc) is 3.29. The summed E-state index contributed by atoms with van der Waals surface area (Å²) < 4.78 is 10.2. The molecule has 1 saturated heterocycles. The van der Waals surface area contributed by atoms with Gasteiger partial charge in [-0.3, -0.25) is 14.4 Å². The number of nitrogens with zero attached hydrogens (tertiary/aromatic N) is 1. The molecular formula is C23H27N3O5. The molecular weight excluding hydrogens is 398 g/mol. The fraction of sp³-hybridized carbons (Fsp3) is 0.348. The molecule has 1 aliphatic rings. The predicted octanol–water partition coefficient (Wildman–Crippen LogP) is 2.31. The van der Waals surface area contributed by atoms with Crippen LogP contribution in [0.15, 0.2) is 48.5 Å². The summed E-state index contributed by atoms with van der Waals surface area (Å²) in [4.78, 5) is 39.5. The first kappa shape index (κ1) is 22.3. The molecule has 1 unspecified atom stereocenters. The second-order valence-corrected chi connectivity index (χ2v) is 7.17. The van der Waals surface area contributed by atoms with Crippen LogP contribution >= 0.6 is 0 Å². The van der Waals surface area contributed by atoms with Crippen LogP contribution in [0.5, 0.6) is 5.75 Å². The van der Waals surface area contributed by atoms with Crippen LogP contribution in [-0.4, -0.2) is 62.6 Å². The van der Waals surface area contributed by atoms with Crippen molar-refractivity contribution >= 4 is 23.4 Å². The SMILES string of the molecule is COCCNC(=O)C1CCCN1C(=O)c1ccc(NC(=O)c2ccccc2OC)cc1. The van der Waals surface area contributed by atoms with Gasteiger partial charge in [0.05, 0.1) is 19.3 Å². The van der Waals surface area contributed by atoms with E-state index in [1.54, 1.807) is 60.5 Å². The lowest BCUT2D eigenvalue weighted by atomic mass is 10.1. The van der Waals surface area contributed by atoms with Crippen molar-refractivity contribution in [3.63, 3.8) is 0 Å². The maximum absolute atomic E-state index is 12.9. The van der Waals surface area contributed by atoms with Crippen LogP contribution in [0.3, 0.4) is 0 Å². The van der Waals surface area contributed by atoms with Crippen LogP contribution < -0.4 is 15.4 Å². The second-order valence-electron chi connectivity index (χ2n) is 7.17. The number of ether oxygens (including phenoxy) is 2. The molecule has 0 bridgehead atoms. The van der Waals surface area contributed by atoms with Crippen molar-refractivity contribution in [1.82, 2.24) is 10.2 Å². The third kappa shape index (κ3) is 5.40. The van der Waals surface area contributed by atoms with Gasteiger partial charge in [-0.15, -0.1) is 0 Å². The summed E-state index contributed by atoms with van der Waals surface area (Å²) in [6.45, 7) is 1.37. The Morgan fingerprint density at radius 3 is 2.52 bits per heavy atom. The van der Waals surface area contributed by atoms with Crippen LogP contribution in [0.4, 0.5) is 5.69 Å². The average molecular weight is 425 g/mol. The van der Waals surface area contributed by atoms with Gasteiger partial charge in [-0.2, -0.15) is 0 Å². The zero-order valence-electron chi connectivity index (χ0n) is 17.7. The van der Waals surface area contributed by atoms with Gasteiger partial charge in [0.25, 0.3) is 11.8 Å². The Hall–Kier alpha value is -3.39. The number of rotatable bonds is 8. The van der Waals surface area contributed by atoms with E-state index in [1.807, 2.05) is 0 Å².